The minimum absolute atomic E-state index is 0.0140. The molecule has 0 aliphatic heterocycles. The summed E-state index contributed by atoms with van der Waals surface area (Å²) in [5, 5.41) is 11.4. The highest BCUT2D eigenvalue weighted by atomic mass is 79.9. The Morgan fingerprint density at radius 1 is 1.31 bits per heavy atom. The van der Waals surface area contributed by atoms with E-state index in [1.165, 1.54) is 18.2 Å². The summed E-state index contributed by atoms with van der Waals surface area (Å²) < 4.78 is 47.3. The molecule has 26 heavy (non-hydrogen) atoms. The molecular formula is C12H9BrFN5O5S2. The van der Waals surface area contributed by atoms with Crippen LogP contribution in [0.2, 0.25) is 0 Å². The van der Waals surface area contributed by atoms with Crippen molar-refractivity contribution in [2.24, 2.45) is 0 Å². The second-order valence-corrected chi connectivity index (χ2v) is 7.41. The SMILES string of the molecule is O=c1onc(-c2nonc2SCCN[SH](=O)=O)n1-c1ccc(F)c(Br)c1. The summed E-state index contributed by atoms with van der Waals surface area (Å²) in [6, 6.07) is 3.93. The van der Waals surface area contributed by atoms with Gasteiger partial charge in [0.1, 0.15) is 5.82 Å². The molecule has 0 aliphatic rings. The predicted octanol–water partition coefficient (Wildman–Crippen LogP) is 0.985. The van der Waals surface area contributed by atoms with E-state index in [-0.39, 0.29) is 27.6 Å². The molecule has 2 aromatic heterocycles. The van der Waals surface area contributed by atoms with Gasteiger partial charge >= 0.3 is 5.76 Å². The van der Waals surface area contributed by atoms with Gasteiger partial charge in [-0.05, 0) is 44.4 Å². The van der Waals surface area contributed by atoms with E-state index < -0.39 is 22.5 Å². The third-order valence-electron chi connectivity index (χ3n) is 3.02. The van der Waals surface area contributed by atoms with E-state index in [9.17, 15) is 17.6 Å². The number of halogens is 2. The van der Waals surface area contributed by atoms with Crippen LogP contribution in [0.15, 0.2) is 41.6 Å². The van der Waals surface area contributed by atoms with Crippen LogP contribution in [-0.2, 0) is 10.9 Å². The van der Waals surface area contributed by atoms with E-state index in [0.29, 0.717) is 11.4 Å². The van der Waals surface area contributed by atoms with Gasteiger partial charge in [0.15, 0.2) is 10.7 Å². The van der Waals surface area contributed by atoms with Crippen molar-refractivity contribution < 1.29 is 22.0 Å². The molecule has 3 rings (SSSR count). The van der Waals surface area contributed by atoms with Crippen molar-refractivity contribution in [2.45, 2.75) is 5.03 Å². The predicted molar refractivity (Wildman–Crippen MR) is 92.1 cm³/mol. The van der Waals surface area contributed by atoms with Crippen molar-refractivity contribution in [3.8, 4) is 17.2 Å². The van der Waals surface area contributed by atoms with Crippen molar-refractivity contribution in [2.75, 3.05) is 12.3 Å². The number of rotatable bonds is 7. The van der Waals surface area contributed by atoms with Gasteiger partial charge in [0, 0.05) is 12.3 Å². The van der Waals surface area contributed by atoms with Crippen LogP contribution < -0.4 is 10.5 Å². The lowest BCUT2D eigenvalue weighted by Crippen LogP contribution is -2.15. The largest absolute Gasteiger partial charge is 0.446 e. The Morgan fingerprint density at radius 3 is 2.85 bits per heavy atom. The molecule has 1 aromatic carbocycles. The summed E-state index contributed by atoms with van der Waals surface area (Å²) in [6.07, 6.45) is 0. The van der Waals surface area contributed by atoms with Crippen molar-refractivity contribution in [3.63, 3.8) is 0 Å². The number of hydrogen-bond acceptors (Lipinski definition) is 9. The van der Waals surface area contributed by atoms with Crippen molar-refractivity contribution >= 4 is 38.6 Å². The molecule has 0 radical (unpaired) electrons. The topological polar surface area (TPSA) is 133 Å². The molecule has 14 heteroatoms. The van der Waals surface area contributed by atoms with Crippen LogP contribution in [0.5, 0.6) is 0 Å². The molecule has 1 N–H and O–H groups in total. The fourth-order valence-electron chi connectivity index (χ4n) is 1.95. The number of nitrogens with zero attached hydrogens (tertiary/aromatic N) is 4. The maximum Gasteiger partial charge on any atom is 0.446 e. The summed E-state index contributed by atoms with van der Waals surface area (Å²) in [7, 11) is -2.69. The van der Waals surface area contributed by atoms with E-state index >= 15 is 0 Å². The minimum Gasteiger partial charge on any atom is -0.295 e. The molecule has 0 unspecified atom stereocenters. The Morgan fingerprint density at radius 2 is 2.12 bits per heavy atom. The molecule has 2 heterocycles. The van der Waals surface area contributed by atoms with Crippen LogP contribution in [0, 0.1) is 5.82 Å². The van der Waals surface area contributed by atoms with Gasteiger partial charge in [0.25, 0.3) is 0 Å². The molecule has 138 valence electrons. The summed E-state index contributed by atoms with van der Waals surface area (Å²) >= 11 is 4.19. The monoisotopic (exact) mass is 465 g/mol. The third kappa shape index (κ3) is 4.03. The maximum absolute atomic E-state index is 13.4. The molecule has 0 atom stereocenters. The molecule has 3 aromatic rings. The van der Waals surface area contributed by atoms with Crippen LogP contribution in [-0.4, -0.2) is 40.8 Å². The van der Waals surface area contributed by atoms with Gasteiger partial charge in [0.2, 0.25) is 16.7 Å². The molecule has 10 nitrogen and oxygen atoms in total. The average molecular weight is 466 g/mol. The smallest absolute Gasteiger partial charge is 0.295 e. The van der Waals surface area contributed by atoms with Crippen LogP contribution in [0.4, 0.5) is 4.39 Å². The van der Waals surface area contributed by atoms with Gasteiger partial charge in [-0.15, -0.1) is 0 Å². The third-order valence-corrected chi connectivity index (χ3v) is 5.06. The molecule has 0 fully saturated rings. The normalized spacial score (nSPS) is 11.3. The first-order chi connectivity index (χ1) is 12.5. The van der Waals surface area contributed by atoms with Gasteiger partial charge in [-0.2, -0.15) is 0 Å². The molecule has 0 spiro atoms. The number of aromatic nitrogens is 4. The number of hydrogen-bond donors (Lipinski definition) is 2. The fourth-order valence-corrected chi connectivity index (χ4v) is 3.51. The lowest BCUT2D eigenvalue weighted by Gasteiger charge is -2.04. The second kappa shape index (κ2) is 8.11. The van der Waals surface area contributed by atoms with Crippen LogP contribution in [0.3, 0.4) is 0 Å². The zero-order valence-corrected chi connectivity index (χ0v) is 15.9. The minimum atomic E-state index is -2.69. The maximum atomic E-state index is 13.4. The van der Waals surface area contributed by atoms with Crippen LogP contribution in [0.25, 0.3) is 17.2 Å². The number of thioether (sulfide) groups is 1. The summed E-state index contributed by atoms with van der Waals surface area (Å²) in [4.78, 5) is 12.0. The summed E-state index contributed by atoms with van der Waals surface area (Å²) in [5.74, 6) is -0.944. The van der Waals surface area contributed by atoms with Gasteiger partial charge < -0.3 is 0 Å². The first-order valence-electron chi connectivity index (χ1n) is 6.85. The number of benzene rings is 1. The first kappa shape index (κ1) is 18.8. The summed E-state index contributed by atoms with van der Waals surface area (Å²) in [6.45, 7) is 0.173. The molecule has 0 saturated heterocycles. The quantitative estimate of drug-likeness (QED) is 0.297. The number of thiol groups is 1. The zero-order chi connectivity index (χ0) is 18.7. The highest BCUT2D eigenvalue weighted by Crippen LogP contribution is 2.28. The van der Waals surface area contributed by atoms with Gasteiger partial charge in [-0.1, -0.05) is 16.9 Å². The highest BCUT2D eigenvalue weighted by molar-refractivity contribution is 9.10. The Labute approximate surface area is 158 Å². The second-order valence-electron chi connectivity index (χ2n) is 4.64. The number of nitrogens with one attached hydrogen (secondary N) is 1. The zero-order valence-electron chi connectivity index (χ0n) is 12.6. The van der Waals surface area contributed by atoms with Crippen molar-refractivity contribution in [1.29, 1.82) is 0 Å². The van der Waals surface area contributed by atoms with E-state index in [1.54, 1.807) is 0 Å². The Kier molecular flexibility index (Phi) is 5.85. The van der Waals surface area contributed by atoms with E-state index in [2.05, 4.69) is 36.1 Å². The molecule has 0 aliphatic carbocycles. The standard InChI is InChI=1S/C12H9BrFN5O5S2/c13-7-5-6(1-2-8(7)14)19-10(17-23-12(19)20)9-11(18-24-16-9)25-4-3-15-26(21)22/h1-2,5,26H,3-4H2,(H,15,21,22). The Bertz CT molecular complexity index is 1050. The van der Waals surface area contributed by atoms with Gasteiger partial charge in [-0.25, -0.2) is 31.5 Å². The average Bonchev–Trinajstić information content (AvgIpc) is 3.20. The van der Waals surface area contributed by atoms with Crippen molar-refractivity contribution in [1.82, 2.24) is 24.8 Å². The van der Waals surface area contributed by atoms with Crippen LogP contribution in [0.1, 0.15) is 0 Å². The first-order valence-corrected chi connectivity index (χ1v) is 9.80. The lowest BCUT2D eigenvalue weighted by atomic mass is 10.3. The van der Waals surface area contributed by atoms with E-state index in [4.69, 9.17) is 9.15 Å². The highest BCUT2D eigenvalue weighted by Gasteiger charge is 2.23. The fraction of sp³-hybridized carbons (Fsp3) is 0.167. The molecule has 0 bridgehead atoms. The van der Waals surface area contributed by atoms with Crippen LogP contribution >= 0.6 is 27.7 Å². The molecule has 0 saturated carbocycles. The summed E-state index contributed by atoms with van der Waals surface area (Å²) in [5.41, 5.74) is 0.427. The molecule has 0 amide bonds. The Hall–Kier alpha value is -2.03. The molecular weight excluding hydrogens is 457 g/mol. The Balaban J connectivity index is 1.93. The van der Waals surface area contributed by atoms with Gasteiger partial charge in [0.05, 0.1) is 10.2 Å². The van der Waals surface area contributed by atoms with Crippen molar-refractivity contribution in [3.05, 3.63) is 39.0 Å². The van der Waals surface area contributed by atoms with E-state index in [1.807, 2.05) is 0 Å². The van der Waals surface area contributed by atoms with Gasteiger partial charge in [-0.3, -0.25) is 4.52 Å². The van der Waals surface area contributed by atoms with E-state index in [0.717, 1.165) is 16.3 Å². The lowest BCUT2D eigenvalue weighted by molar-refractivity contribution is 0.299.